The van der Waals surface area contributed by atoms with Gasteiger partial charge in [-0.1, -0.05) is 0 Å². The molecule has 21 heavy (non-hydrogen) atoms. The highest BCUT2D eigenvalue weighted by Crippen LogP contribution is 2.25. The Morgan fingerprint density at radius 2 is 1.95 bits per heavy atom. The molecule has 0 aliphatic heterocycles. The normalized spacial score (nSPS) is 12.2. The molecule has 2 N–H and O–H groups in total. The molecule has 2 aromatic rings. The SMILES string of the molecule is Cc1cc(C(C)NCC(=O)Nc2ccc(F)cc2)c(C)s1. The first-order valence-corrected chi connectivity index (χ1v) is 7.63. The van der Waals surface area contributed by atoms with E-state index < -0.39 is 0 Å². The Morgan fingerprint density at radius 1 is 1.29 bits per heavy atom. The van der Waals surface area contributed by atoms with Gasteiger partial charge in [0.2, 0.25) is 5.91 Å². The number of nitrogens with one attached hydrogen (secondary N) is 2. The number of carbonyl (C=O) groups is 1. The van der Waals surface area contributed by atoms with E-state index in [4.69, 9.17) is 0 Å². The van der Waals surface area contributed by atoms with Crippen molar-refractivity contribution in [1.29, 1.82) is 0 Å². The molecular weight excluding hydrogens is 287 g/mol. The van der Waals surface area contributed by atoms with Crippen LogP contribution in [0.2, 0.25) is 0 Å². The highest BCUT2D eigenvalue weighted by Gasteiger charge is 2.12. The molecule has 0 saturated carbocycles. The Labute approximate surface area is 128 Å². The van der Waals surface area contributed by atoms with Gasteiger partial charge in [-0.2, -0.15) is 0 Å². The van der Waals surface area contributed by atoms with Crippen LogP contribution >= 0.6 is 11.3 Å². The second kappa shape index (κ2) is 6.83. The van der Waals surface area contributed by atoms with Crippen LogP contribution in [-0.2, 0) is 4.79 Å². The molecule has 5 heteroatoms. The van der Waals surface area contributed by atoms with Crippen LogP contribution in [0.25, 0.3) is 0 Å². The summed E-state index contributed by atoms with van der Waals surface area (Å²) in [5.41, 5.74) is 1.82. The fourth-order valence-electron chi connectivity index (χ4n) is 2.17. The average Bonchev–Trinajstić information content (AvgIpc) is 2.78. The first-order valence-electron chi connectivity index (χ1n) is 6.81. The smallest absolute Gasteiger partial charge is 0.238 e. The number of carbonyl (C=O) groups excluding carboxylic acids is 1. The molecule has 1 heterocycles. The Bertz CT molecular complexity index is 622. The minimum Gasteiger partial charge on any atom is -0.325 e. The van der Waals surface area contributed by atoms with E-state index in [1.165, 1.54) is 27.5 Å². The summed E-state index contributed by atoms with van der Waals surface area (Å²) in [6.07, 6.45) is 0. The van der Waals surface area contributed by atoms with E-state index >= 15 is 0 Å². The van der Waals surface area contributed by atoms with Crippen molar-refractivity contribution in [2.24, 2.45) is 0 Å². The van der Waals surface area contributed by atoms with E-state index in [0.29, 0.717) is 5.69 Å². The van der Waals surface area contributed by atoms with Gasteiger partial charge in [-0.15, -0.1) is 11.3 Å². The Morgan fingerprint density at radius 3 is 2.52 bits per heavy atom. The van der Waals surface area contributed by atoms with E-state index in [2.05, 4.69) is 30.5 Å². The van der Waals surface area contributed by atoms with Crippen molar-refractivity contribution in [3.8, 4) is 0 Å². The molecule has 1 aromatic carbocycles. The number of benzene rings is 1. The van der Waals surface area contributed by atoms with Crippen LogP contribution < -0.4 is 10.6 Å². The minimum atomic E-state index is -0.317. The van der Waals surface area contributed by atoms with Gasteiger partial charge in [0.1, 0.15) is 5.82 Å². The molecule has 0 aliphatic carbocycles. The molecule has 1 atom stereocenters. The maximum atomic E-state index is 12.8. The van der Waals surface area contributed by atoms with Gasteiger partial charge in [0.05, 0.1) is 6.54 Å². The van der Waals surface area contributed by atoms with Crippen LogP contribution in [0.3, 0.4) is 0 Å². The van der Waals surface area contributed by atoms with Crippen LogP contribution in [0, 0.1) is 19.7 Å². The monoisotopic (exact) mass is 306 g/mol. The topological polar surface area (TPSA) is 41.1 Å². The van der Waals surface area contributed by atoms with Crippen LogP contribution in [0.4, 0.5) is 10.1 Å². The zero-order valence-electron chi connectivity index (χ0n) is 12.4. The quantitative estimate of drug-likeness (QED) is 0.882. The first-order chi connectivity index (χ1) is 9.95. The number of amides is 1. The van der Waals surface area contributed by atoms with Gasteiger partial charge in [-0.05, 0) is 56.7 Å². The number of hydrogen-bond acceptors (Lipinski definition) is 3. The highest BCUT2D eigenvalue weighted by atomic mass is 32.1. The molecule has 0 aliphatic rings. The number of hydrogen-bond donors (Lipinski definition) is 2. The van der Waals surface area contributed by atoms with Crippen molar-refractivity contribution in [1.82, 2.24) is 5.32 Å². The van der Waals surface area contributed by atoms with E-state index in [1.54, 1.807) is 23.5 Å². The number of aryl methyl sites for hydroxylation is 2. The molecule has 0 saturated heterocycles. The number of thiophene rings is 1. The van der Waals surface area contributed by atoms with E-state index in [9.17, 15) is 9.18 Å². The van der Waals surface area contributed by atoms with Gasteiger partial charge in [-0.3, -0.25) is 4.79 Å². The van der Waals surface area contributed by atoms with E-state index in [1.807, 2.05) is 6.92 Å². The van der Waals surface area contributed by atoms with Gasteiger partial charge in [0.25, 0.3) is 0 Å². The van der Waals surface area contributed by atoms with Crippen molar-refractivity contribution in [2.75, 3.05) is 11.9 Å². The van der Waals surface area contributed by atoms with Crippen molar-refractivity contribution in [3.05, 3.63) is 51.5 Å². The van der Waals surface area contributed by atoms with Crippen molar-refractivity contribution >= 4 is 22.9 Å². The summed E-state index contributed by atoms with van der Waals surface area (Å²) in [5, 5.41) is 5.94. The molecule has 0 fully saturated rings. The third-order valence-electron chi connectivity index (χ3n) is 3.24. The molecule has 0 radical (unpaired) electrons. The Balaban J connectivity index is 1.86. The molecule has 2 rings (SSSR count). The third kappa shape index (κ3) is 4.37. The lowest BCUT2D eigenvalue weighted by Gasteiger charge is -2.13. The molecular formula is C16H19FN2OS. The molecule has 3 nitrogen and oxygen atoms in total. The molecule has 0 spiro atoms. The zero-order chi connectivity index (χ0) is 15.4. The number of rotatable bonds is 5. The lowest BCUT2D eigenvalue weighted by molar-refractivity contribution is -0.115. The fourth-order valence-corrected chi connectivity index (χ4v) is 3.20. The van der Waals surface area contributed by atoms with Gasteiger partial charge in [0.15, 0.2) is 0 Å². The fraction of sp³-hybridized carbons (Fsp3) is 0.312. The Kier molecular flexibility index (Phi) is 5.09. The molecule has 1 unspecified atom stereocenters. The van der Waals surface area contributed by atoms with Crippen LogP contribution in [0.15, 0.2) is 30.3 Å². The second-order valence-corrected chi connectivity index (χ2v) is 6.49. The lowest BCUT2D eigenvalue weighted by atomic mass is 10.1. The minimum absolute atomic E-state index is 0.119. The molecule has 0 bridgehead atoms. The maximum absolute atomic E-state index is 12.8. The summed E-state index contributed by atoms with van der Waals surface area (Å²) in [6.45, 7) is 6.42. The predicted octanol–water partition coefficient (Wildman–Crippen LogP) is 3.79. The van der Waals surface area contributed by atoms with Gasteiger partial charge in [-0.25, -0.2) is 4.39 Å². The summed E-state index contributed by atoms with van der Waals surface area (Å²) in [6, 6.07) is 8.00. The predicted molar refractivity (Wildman–Crippen MR) is 85.2 cm³/mol. The molecule has 1 aromatic heterocycles. The highest BCUT2D eigenvalue weighted by molar-refractivity contribution is 7.12. The lowest BCUT2D eigenvalue weighted by Crippen LogP contribution is -2.30. The van der Waals surface area contributed by atoms with Crippen LogP contribution in [-0.4, -0.2) is 12.5 Å². The summed E-state index contributed by atoms with van der Waals surface area (Å²) in [5.74, 6) is -0.457. The van der Waals surface area contributed by atoms with E-state index in [-0.39, 0.29) is 24.3 Å². The average molecular weight is 306 g/mol. The summed E-state index contributed by atoms with van der Waals surface area (Å²) >= 11 is 1.76. The van der Waals surface area contributed by atoms with E-state index in [0.717, 1.165) is 0 Å². The summed E-state index contributed by atoms with van der Waals surface area (Å²) < 4.78 is 12.8. The third-order valence-corrected chi connectivity index (χ3v) is 4.22. The van der Waals surface area contributed by atoms with Gasteiger partial charge in [0, 0.05) is 21.5 Å². The van der Waals surface area contributed by atoms with Gasteiger partial charge < -0.3 is 10.6 Å². The van der Waals surface area contributed by atoms with Gasteiger partial charge >= 0.3 is 0 Å². The zero-order valence-corrected chi connectivity index (χ0v) is 13.2. The standard InChI is InChI=1S/C16H19FN2OS/c1-10-8-15(12(3)21-10)11(2)18-9-16(20)19-14-6-4-13(17)5-7-14/h4-8,11,18H,9H2,1-3H3,(H,19,20). The molecule has 1 amide bonds. The number of halogens is 1. The first kappa shape index (κ1) is 15.7. The summed E-state index contributed by atoms with van der Waals surface area (Å²) in [7, 11) is 0. The molecule has 112 valence electrons. The Hall–Kier alpha value is -1.72. The van der Waals surface area contributed by atoms with Crippen LogP contribution in [0.1, 0.15) is 28.3 Å². The number of anilines is 1. The largest absolute Gasteiger partial charge is 0.325 e. The van der Waals surface area contributed by atoms with Crippen molar-refractivity contribution in [3.63, 3.8) is 0 Å². The van der Waals surface area contributed by atoms with Crippen molar-refractivity contribution < 1.29 is 9.18 Å². The van der Waals surface area contributed by atoms with Crippen LogP contribution in [0.5, 0.6) is 0 Å². The second-order valence-electron chi connectivity index (χ2n) is 5.03. The summed E-state index contributed by atoms with van der Waals surface area (Å²) in [4.78, 5) is 14.4. The maximum Gasteiger partial charge on any atom is 0.238 e. The van der Waals surface area contributed by atoms with Crippen molar-refractivity contribution in [2.45, 2.75) is 26.8 Å².